The number of carbonyl (C=O) groups is 7. The molecular formula is C18H28N4O11. The lowest BCUT2D eigenvalue weighted by atomic mass is 10.1. The van der Waals surface area contributed by atoms with Gasteiger partial charge in [0.15, 0.2) is 0 Å². The minimum Gasteiger partial charge on any atom is -0.481 e. The minimum absolute atomic E-state index is 0.236. The zero-order chi connectivity index (χ0) is 25.7. The summed E-state index contributed by atoms with van der Waals surface area (Å²) in [5.41, 5.74) is 5.57. The van der Waals surface area contributed by atoms with Gasteiger partial charge in [-0.15, -0.1) is 0 Å². The first-order valence-electron chi connectivity index (χ1n) is 9.79. The van der Waals surface area contributed by atoms with Crippen LogP contribution in [0.3, 0.4) is 0 Å². The third kappa shape index (κ3) is 12.6. The highest BCUT2D eigenvalue weighted by Gasteiger charge is 2.29. The number of carboxylic acid groups (broad SMARTS) is 4. The van der Waals surface area contributed by atoms with Gasteiger partial charge in [0.2, 0.25) is 17.7 Å². The van der Waals surface area contributed by atoms with Gasteiger partial charge in [0.05, 0.1) is 6.04 Å². The molecule has 0 aromatic rings. The summed E-state index contributed by atoms with van der Waals surface area (Å²) in [7, 11) is 0. The lowest BCUT2D eigenvalue weighted by Crippen LogP contribution is -2.56. The average Bonchev–Trinajstić information content (AvgIpc) is 2.70. The maximum absolute atomic E-state index is 12.5. The van der Waals surface area contributed by atoms with Crippen molar-refractivity contribution in [2.24, 2.45) is 5.73 Å². The number of hydrogen-bond donors (Lipinski definition) is 8. The summed E-state index contributed by atoms with van der Waals surface area (Å²) in [6, 6.07) is -5.56. The highest BCUT2D eigenvalue weighted by Crippen LogP contribution is 2.03. The molecule has 0 aliphatic heterocycles. The number of carbonyl (C=O) groups excluding carboxylic acids is 3. The summed E-state index contributed by atoms with van der Waals surface area (Å²) in [6.07, 6.45) is -2.47. The molecule has 0 heterocycles. The molecule has 0 spiro atoms. The van der Waals surface area contributed by atoms with Crippen LogP contribution < -0.4 is 21.7 Å². The third-order valence-electron chi connectivity index (χ3n) is 4.30. The van der Waals surface area contributed by atoms with Crippen molar-refractivity contribution in [2.75, 3.05) is 0 Å². The van der Waals surface area contributed by atoms with E-state index in [1.54, 1.807) is 0 Å². The SMILES string of the molecule is CC(NC(=O)C(CCC(=O)O)NC(=O)C(N)CCC(=O)O)C(=O)NC(CCC(=O)O)C(=O)O. The Morgan fingerprint density at radius 2 is 1.06 bits per heavy atom. The van der Waals surface area contributed by atoms with Crippen molar-refractivity contribution in [3.63, 3.8) is 0 Å². The van der Waals surface area contributed by atoms with E-state index in [0.717, 1.165) is 0 Å². The molecule has 33 heavy (non-hydrogen) atoms. The molecule has 0 aliphatic carbocycles. The summed E-state index contributed by atoms with van der Waals surface area (Å²) in [6.45, 7) is 1.19. The fourth-order valence-electron chi connectivity index (χ4n) is 2.43. The van der Waals surface area contributed by atoms with Crippen molar-refractivity contribution < 1.29 is 54.0 Å². The third-order valence-corrected chi connectivity index (χ3v) is 4.30. The fraction of sp³-hybridized carbons (Fsp3) is 0.611. The Bertz CT molecular complexity index is 770. The van der Waals surface area contributed by atoms with Crippen LogP contribution in [0.15, 0.2) is 0 Å². The van der Waals surface area contributed by atoms with Crippen molar-refractivity contribution >= 4 is 41.6 Å². The second kappa shape index (κ2) is 14.3. The first-order valence-corrected chi connectivity index (χ1v) is 9.79. The molecule has 186 valence electrons. The topological polar surface area (TPSA) is 263 Å². The van der Waals surface area contributed by atoms with Gasteiger partial charge in [-0.25, -0.2) is 4.79 Å². The Morgan fingerprint density at radius 3 is 1.52 bits per heavy atom. The average molecular weight is 476 g/mol. The number of nitrogens with one attached hydrogen (secondary N) is 3. The van der Waals surface area contributed by atoms with Crippen molar-refractivity contribution in [2.45, 2.75) is 69.6 Å². The van der Waals surface area contributed by atoms with E-state index in [-0.39, 0.29) is 12.8 Å². The van der Waals surface area contributed by atoms with Gasteiger partial charge in [0.25, 0.3) is 0 Å². The van der Waals surface area contributed by atoms with Crippen LogP contribution in [0.5, 0.6) is 0 Å². The van der Waals surface area contributed by atoms with Crippen LogP contribution in [0, 0.1) is 0 Å². The largest absolute Gasteiger partial charge is 0.481 e. The van der Waals surface area contributed by atoms with Crippen molar-refractivity contribution in [1.29, 1.82) is 0 Å². The van der Waals surface area contributed by atoms with E-state index in [0.29, 0.717) is 0 Å². The molecule has 4 unspecified atom stereocenters. The van der Waals surface area contributed by atoms with E-state index in [4.69, 9.17) is 26.2 Å². The number of aliphatic carboxylic acids is 4. The molecule has 0 rings (SSSR count). The molecule has 15 nitrogen and oxygen atoms in total. The Labute approximate surface area is 187 Å². The molecule has 0 saturated carbocycles. The summed E-state index contributed by atoms with van der Waals surface area (Å²) in [5.74, 6) is -8.04. The predicted molar refractivity (Wildman–Crippen MR) is 108 cm³/mol. The van der Waals surface area contributed by atoms with E-state index >= 15 is 0 Å². The number of rotatable bonds is 16. The predicted octanol–water partition coefficient (Wildman–Crippen LogP) is -2.53. The van der Waals surface area contributed by atoms with Gasteiger partial charge >= 0.3 is 23.9 Å². The monoisotopic (exact) mass is 476 g/mol. The van der Waals surface area contributed by atoms with Gasteiger partial charge in [0.1, 0.15) is 18.1 Å². The van der Waals surface area contributed by atoms with Gasteiger partial charge in [-0.3, -0.25) is 28.8 Å². The summed E-state index contributed by atoms with van der Waals surface area (Å²) in [4.78, 5) is 80.1. The van der Waals surface area contributed by atoms with E-state index in [1.807, 2.05) is 0 Å². The quantitative estimate of drug-likeness (QED) is 0.115. The standard InChI is InChI=1S/C18H28N4O11/c1-8(15(29)22-11(18(32)33)4-7-14(27)28)20-17(31)10(3-6-13(25)26)21-16(30)9(19)2-5-12(23)24/h8-11H,2-7,19H2,1H3,(H,20,31)(H,21,30)(H,22,29)(H,23,24)(H,25,26)(H,27,28)(H,32,33). The molecule has 0 radical (unpaired) electrons. The second-order valence-corrected chi connectivity index (χ2v) is 7.09. The zero-order valence-electron chi connectivity index (χ0n) is 17.8. The molecular weight excluding hydrogens is 448 g/mol. The van der Waals surface area contributed by atoms with E-state index in [1.165, 1.54) is 6.92 Å². The maximum atomic E-state index is 12.5. The van der Waals surface area contributed by atoms with Gasteiger partial charge in [-0.1, -0.05) is 0 Å². The number of hydrogen-bond acceptors (Lipinski definition) is 8. The minimum atomic E-state index is -1.53. The van der Waals surface area contributed by atoms with E-state index in [2.05, 4.69) is 16.0 Å². The highest BCUT2D eigenvalue weighted by molar-refractivity contribution is 5.94. The highest BCUT2D eigenvalue weighted by atomic mass is 16.4. The van der Waals surface area contributed by atoms with E-state index < -0.39 is 91.4 Å². The molecule has 0 fully saturated rings. The second-order valence-electron chi connectivity index (χ2n) is 7.09. The molecule has 9 N–H and O–H groups in total. The fourth-order valence-corrected chi connectivity index (χ4v) is 2.43. The lowest BCUT2D eigenvalue weighted by molar-refractivity contribution is -0.143. The maximum Gasteiger partial charge on any atom is 0.326 e. The first kappa shape index (κ1) is 29.2. The lowest BCUT2D eigenvalue weighted by Gasteiger charge is -2.23. The normalized spacial score (nSPS) is 14.1. The first-order chi connectivity index (χ1) is 15.2. The van der Waals surface area contributed by atoms with Crippen LogP contribution in [0.1, 0.15) is 45.4 Å². The van der Waals surface area contributed by atoms with Crippen LogP contribution in [0.4, 0.5) is 0 Å². The Kier molecular flexibility index (Phi) is 12.7. The summed E-state index contributed by atoms with van der Waals surface area (Å²) < 4.78 is 0. The van der Waals surface area contributed by atoms with Crippen molar-refractivity contribution in [3.8, 4) is 0 Å². The molecule has 0 bridgehead atoms. The Balaban J connectivity index is 5.13. The summed E-state index contributed by atoms with van der Waals surface area (Å²) >= 11 is 0. The zero-order valence-corrected chi connectivity index (χ0v) is 17.8. The van der Waals surface area contributed by atoms with Crippen molar-refractivity contribution in [3.05, 3.63) is 0 Å². The molecule has 0 aliphatic rings. The molecule has 3 amide bonds. The number of amides is 3. The van der Waals surface area contributed by atoms with Crippen LogP contribution in [0.25, 0.3) is 0 Å². The van der Waals surface area contributed by atoms with Gasteiger partial charge < -0.3 is 42.1 Å². The van der Waals surface area contributed by atoms with Crippen molar-refractivity contribution in [1.82, 2.24) is 16.0 Å². The van der Waals surface area contributed by atoms with Crippen LogP contribution in [-0.4, -0.2) is 86.2 Å². The number of carboxylic acids is 4. The van der Waals surface area contributed by atoms with Gasteiger partial charge in [-0.05, 0) is 26.2 Å². The van der Waals surface area contributed by atoms with Crippen LogP contribution in [-0.2, 0) is 33.6 Å². The van der Waals surface area contributed by atoms with Gasteiger partial charge in [-0.2, -0.15) is 0 Å². The Morgan fingerprint density at radius 1 is 0.636 bits per heavy atom. The smallest absolute Gasteiger partial charge is 0.326 e. The Hall–Kier alpha value is -3.75. The van der Waals surface area contributed by atoms with E-state index in [9.17, 15) is 33.6 Å². The molecule has 0 aromatic heterocycles. The molecule has 0 saturated heterocycles. The summed E-state index contributed by atoms with van der Waals surface area (Å²) in [5, 5.41) is 41.7. The molecule has 0 aromatic carbocycles. The van der Waals surface area contributed by atoms with Crippen LogP contribution in [0.2, 0.25) is 0 Å². The van der Waals surface area contributed by atoms with Crippen LogP contribution >= 0.6 is 0 Å². The molecule has 4 atom stereocenters. The van der Waals surface area contributed by atoms with Gasteiger partial charge in [0, 0.05) is 19.3 Å². The molecule has 15 heteroatoms. The number of nitrogens with two attached hydrogens (primary N) is 1.